The van der Waals surface area contributed by atoms with Crippen molar-refractivity contribution in [3.63, 3.8) is 0 Å². The molecule has 0 spiro atoms. The smallest absolute Gasteiger partial charge is 0.131 e. The van der Waals surface area contributed by atoms with Gasteiger partial charge in [0.1, 0.15) is 23.1 Å². The van der Waals surface area contributed by atoms with Crippen LogP contribution in [0.5, 0.6) is 0 Å². The van der Waals surface area contributed by atoms with E-state index in [0.717, 1.165) is 0 Å². The van der Waals surface area contributed by atoms with Gasteiger partial charge in [0.2, 0.25) is 0 Å². The number of hydrogen-bond donors (Lipinski definition) is 0. The largest absolute Gasteiger partial charge is 0.616 e. The summed E-state index contributed by atoms with van der Waals surface area (Å²) in [6, 6.07) is 12.1. The van der Waals surface area contributed by atoms with Crippen LogP contribution in [0.3, 0.4) is 0 Å². The van der Waals surface area contributed by atoms with Gasteiger partial charge >= 0.3 is 0 Å². The number of hydrogen-bond acceptors (Lipinski definition) is 1. The highest BCUT2D eigenvalue weighted by Gasteiger charge is 2.10. The Bertz CT molecular complexity index is 483. The zero-order valence-electron chi connectivity index (χ0n) is 9.61. The van der Waals surface area contributed by atoms with Crippen LogP contribution in [-0.2, 0) is 22.7 Å². The van der Waals surface area contributed by atoms with E-state index in [1.807, 2.05) is 0 Å². The normalized spacial score (nSPS) is 10.9. The van der Waals surface area contributed by atoms with Crippen molar-refractivity contribution >= 4 is 11.2 Å². The van der Waals surface area contributed by atoms with Crippen LogP contribution in [0, 0.1) is 11.6 Å². The molecule has 0 aliphatic heterocycles. The standard InChI is InChI=1S/C14H12F2OS/c15-13-5-1-3-11(7-13)9-18(17)10-12-4-2-6-14(16)8-12/h1-8H,9-10H2. The zero-order valence-corrected chi connectivity index (χ0v) is 10.4. The van der Waals surface area contributed by atoms with E-state index in [9.17, 15) is 13.3 Å². The van der Waals surface area contributed by atoms with E-state index in [1.54, 1.807) is 24.3 Å². The first-order valence-corrected chi connectivity index (χ1v) is 6.96. The van der Waals surface area contributed by atoms with Crippen molar-refractivity contribution in [1.29, 1.82) is 0 Å². The Morgan fingerprint density at radius 2 is 1.28 bits per heavy atom. The van der Waals surface area contributed by atoms with E-state index in [2.05, 4.69) is 0 Å². The van der Waals surface area contributed by atoms with Crippen LogP contribution in [0.25, 0.3) is 0 Å². The maximum Gasteiger partial charge on any atom is 0.131 e. The molecule has 0 radical (unpaired) electrons. The fraction of sp³-hybridized carbons (Fsp3) is 0.143. The van der Waals surface area contributed by atoms with Crippen LogP contribution in [0.1, 0.15) is 11.1 Å². The molecule has 0 aliphatic rings. The Kier molecular flexibility index (Phi) is 4.33. The van der Waals surface area contributed by atoms with Gasteiger partial charge in [0.25, 0.3) is 0 Å². The Labute approximate surface area is 108 Å². The van der Waals surface area contributed by atoms with Crippen LogP contribution in [0.15, 0.2) is 48.5 Å². The van der Waals surface area contributed by atoms with Crippen LogP contribution < -0.4 is 0 Å². The minimum atomic E-state index is -1.17. The quantitative estimate of drug-likeness (QED) is 0.778. The molecule has 0 heterocycles. The molecule has 2 rings (SSSR count). The SMILES string of the molecule is [O-][S+](Cc1cccc(F)c1)Cc1cccc(F)c1. The molecule has 0 unspecified atom stereocenters. The molecule has 0 aromatic heterocycles. The second-order valence-electron chi connectivity index (χ2n) is 3.99. The van der Waals surface area contributed by atoms with Crippen molar-refractivity contribution in [2.45, 2.75) is 11.5 Å². The zero-order chi connectivity index (χ0) is 13.0. The van der Waals surface area contributed by atoms with Crippen LogP contribution >= 0.6 is 0 Å². The minimum absolute atomic E-state index is 0.272. The Hall–Kier alpha value is -1.39. The highest BCUT2D eigenvalue weighted by atomic mass is 32.2. The lowest BCUT2D eigenvalue weighted by Gasteiger charge is -2.11. The van der Waals surface area contributed by atoms with Gasteiger partial charge < -0.3 is 4.55 Å². The molecule has 1 nitrogen and oxygen atoms in total. The fourth-order valence-corrected chi connectivity index (χ4v) is 2.88. The first-order chi connectivity index (χ1) is 8.63. The Morgan fingerprint density at radius 1 is 0.833 bits per heavy atom. The third-order valence-electron chi connectivity index (χ3n) is 2.43. The molecule has 0 fully saturated rings. The van der Waals surface area contributed by atoms with E-state index in [-0.39, 0.29) is 23.1 Å². The van der Waals surface area contributed by atoms with Gasteiger partial charge in [-0.1, -0.05) is 24.3 Å². The van der Waals surface area contributed by atoms with E-state index < -0.39 is 11.2 Å². The average Bonchev–Trinajstić information content (AvgIpc) is 2.28. The third-order valence-corrected chi connectivity index (χ3v) is 3.74. The highest BCUT2D eigenvalue weighted by molar-refractivity contribution is 7.89. The molecule has 0 atom stereocenters. The maximum absolute atomic E-state index is 12.9. The molecule has 4 heteroatoms. The summed E-state index contributed by atoms with van der Waals surface area (Å²) < 4.78 is 37.8. The summed E-state index contributed by atoms with van der Waals surface area (Å²) in [7, 11) is 0. The monoisotopic (exact) mass is 266 g/mol. The van der Waals surface area contributed by atoms with E-state index >= 15 is 0 Å². The van der Waals surface area contributed by atoms with Crippen molar-refractivity contribution in [2.75, 3.05) is 0 Å². The van der Waals surface area contributed by atoms with Crippen molar-refractivity contribution < 1.29 is 13.3 Å². The van der Waals surface area contributed by atoms with Crippen LogP contribution in [-0.4, -0.2) is 4.55 Å². The Morgan fingerprint density at radius 3 is 1.67 bits per heavy atom. The second kappa shape index (κ2) is 5.98. The topological polar surface area (TPSA) is 23.1 Å². The number of rotatable bonds is 4. The van der Waals surface area contributed by atoms with Gasteiger partial charge in [0, 0.05) is 11.1 Å². The summed E-state index contributed by atoms with van der Waals surface area (Å²) in [6.45, 7) is 0. The summed E-state index contributed by atoms with van der Waals surface area (Å²) in [5.41, 5.74) is 1.37. The molecule has 0 bridgehead atoms. The lowest BCUT2D eigenvalue weighted by atomic mass is 10.2. The first kappa shape index (κ1) is 13.1. The molecular formula is C14H12F2OS. The summed E-state index contributed by atoms with van der Waals surface area (Å²) >= 11 is -1.17. The van der Waals surface area contributed by atoms with Gasteiger partial charge in [-0.15, -0.1) is 0 Å². The van der Waals surface area contributed by atoms with Crippen molar-refractivity contribution in [3.05, 3.63) is 71.3 Å². The molecule has 2 aromatic rings. The van der Waals surface area contributed by atoms with Gasteiger partial charge in [0.05, 0.1) is 0 Å². The van der Waals surface area contributed by atoms with Gasteiger partial charge in [-0.25, -0.2) is 8.78 Å². The van der Waals surface area contributed by atoms with Crippen LogP contribution in [0.4, 0.5) is 8.78 Å². The lowest BCUT2D eigenvalue weighted by molar-refractivity contribution is 0.592. The predicted molar refractivity (Wildman–Crippen MR) is 68.4 cm³/mol. The average molecular weight is 266 g/mol. The number of benzene rings is 2. The molecule has 0 amide bonds. The summed E-state index contributed by atoms with van der Waals surface area (Å²) in [4.78, 5) is 0. The predicted octanol–water partition coefficient (Wildman–Crippen LogP) is 3.41. The van der Waals surface area contributed by atoms with Crippen molar-refractivity contribution in [1.82, 2.24) is 0 Å². The van der Waals surface area contributed by atoms with Crippen molar-refractivity contribution in [2.24, 2.45) is 0 Å². The van der Waals surface area contributed by atoms with Gasteiger partial charge in [-0.3, -0.25) is 0 Å². The van der Waals surface area contributed by atoms with Crippen LogP contribution in [0.2, 0.25) is 0 Å². The molecule has 2 aromatic carbocycles. The minimum Gasteiger partial charge on any atom is -0.616 e. The molecule has 0 saturated heterocycles. The fourth-order valence-electron chi connectivity index (χ4n) is 1.68. The molecule has 94 valence electrons. The Balaban J connectivity index is 1.98. The van der Waals surface area contributed by atoms with E-state index in [1.165, 1.54) is 24.3 Å². The summed E-state index contributed by atoms with van der Waals surface area (Å²) in [5, 5.41) is 0. The molecule has 18 heavy (non-hydrogen) atoms. The number of halogens is 2. The third kappa shape index (κ3) is 3.82. The lowest BCUT2D eigenvalue weighted by Crippen LogP contribution is -2.08. The molecule has 0 N–H and O–H groups in total. The maximum atomic E-state index is 12.9. The van der Waals surface area contributed by atoms with Gasteiger partial charge in [-0.2, -0.15) is 0 Å². The highest BCUT2D eigenvalue weighted by Crippen LogP contribution is 2.14. The second-order valence-corrected chi connectivity index (χ2v) is 5.45. The first-order valence-electron chi connectivity index (χ1n) is 5.47. The molecule has 0 aliphatic carbocycles. The van der Waals surface area contributed by atoms with E-state index in [0.29, 0.717) is 11.1 Å². The van der Waals surface area contributed by atoms with E-state index in [4.69, 9.17) is 0 Å². The summed E-state index contributed by atoms with van der Waals surface area (Å²) in [5.74, 6) is -0.131. The molecular weight excluding hydrogens is 254 g/mol. The van der Waals surface area contributed by atoms with Gasteiger partial charge in [0.15, 0.2) is 0 Å². The summed E-state index contributed by atoms with van der Waals surface area (Å²) in [6.07, 6.45) is 0. The van der Waals surface area contributed by atoms with Crippen molar-refractivity contribution in [3.8, 4) is 0 Å². The molecule has 0 saturated carbocycles. The van der Waals surface area contributed by atoms with Gasteiger partial charge in [-0.05, 0) is 35.4 Å².